The van der Waals surface area contributed by atoms with Gasteiger partial charge in [0.25, 0.3) is 5.91 Å². The van der Waals surface area contributed by atoms with Gasteiger partial charge in [-0.2, -0.15) is 0 Å². The van der Waals surface area contributed by atoms with Crippen molar-refractivity contribution in [2.24, 2.45) is 0 Å². The van der Waals surface area contributed by atoms with E-state index in [0.717, 1.165) is 5.69 Å². The number of amides is 1. The van der Waals surface area contributed by atoms with Crippen LogP contribution in [0.3, 0.4) is 0 Å². The molecule has 2 aromatic carbocycles. The fourth-order valence-corrected chi connectivity index (χ4v) is 1.86. The fraction of sp³-hybridized carbons (Fsp3) is 0.188. The van der Waals surface area contributed by atoms with Gasteiger partial charge in [0.1, 0.15) is 0 Å². The van der Waals surface area contributed by atoms with Gasteiger partial charge in [-0.25, -0.2) is 0 Å². The molecule has 1 unspecified atom stereocenters. The zero-order valence-corrected chi connectivity index (χ0v) is 12.2. The number of rotatable bonds is 6. The summed E-state index contributed by atoms with van der Waals surface area (Å²) in [6.07, 6.45) is -0.580. The van der Waals surface area contributed by atoms with E-state index in [0.29, 0.717) is 17.8 Å². The lowest BCUT2D eigenvalue weighted by molar-refractivity contribution is 0.102. The van der Waals surface area contributed by atoms with Crippen molar-refractivity contribution in [3.63, 3.8) is 0 Å². The molecule has 0 aliphatic carbocycles. The normalized spacial score (nSPS) is 11.7. The Kier molecular flexibility index (Phi) is 5.60. The van der Waals surface area contributed by atoms with Gasteiger partial charge in [0.2, 0.25) is 0 Å². The Bertz CT molecular complexity index is 573. The van der Waals surface area contributed by atoms with E-state index in [2.05, 4.69) is 10.6 Å². The van der Waals surface area contributed by atoms with Crippen LogP contribution >= 0.6 is 11.6 Å². The molecule has 2 aromatic rings. The lowest BCUT2D eigenvalue weighted by Crippen LogP contribution is -2.20. The maximum atomic E-state index is 12.0. The van der Waals surface area contributed by atoms with E-state index in [1.165, 1.54) is 0 Å². The molecule has 5 heteroatoms. The van der Waals surface area contributed by atoms with Gasteiger partial charge in [-0.15, -0.1) is 11.6 Å². The van der Waals surface area contributed by atoms with Gasteiger partial charge in [-0.05, 0) is 36.4 Å². The molecule has 110 valence electrons. The molecule has 0 heterocycles. The van der Waals surface area contributed by atoms with Crippen LogP contribution < -0.4 is 10.6 Å². The molecule has 2 rings (SSSR count). The SMILES string of the molecule is O=C(Nc1ccc(NCC(O)CCl)cc1)c1ccccc1. The molecule has 4 nitrogen and oxygen atoms in total. The minimum Gasteiger partial charge on any atom is -0.390 e. The van der Waals surface area contributed by atoms with Gasteiger partial charge < -0.3 is 15.7 Å². The zero-order chi connectivity index (χ0) is 15.1. The largest absolute Gasteiger partial charge is 0.390 e. The second-order valence-corrected chi connectivity index (χ2v) is 4.90. The van der Waals surface area contributed by atoms with E-state index in [4.69, 9.17) is 11.6 Å². The number of aliphatic hydroxyl groups excluding tert-OH is 1. The van der Waals surface area contributed by atoms with E-state index >= 15 is 0 Å². The van der Waals surface area contributed by atoms with Crippen molar-refractivity contribution in [3.05, 3.63) is 60.2 Å². The highest BCUT2D eigenvalue weighted by Crippen LogP contribution is 2.14. The number of halogens is 1. The molecule has 0 aliphatic heterocycles. The summed E-state index contributed by atoms with van der Waals surface area (Å²) in [5.74, 6) is 0.0481. The highest BCUT2D eigenvalue weighted by atomic mass is 35.5. The summed E-state index contributed by atoms with van der Waals surface area (Å²) in [5, 5.41) is 15.3. The first-order valence-corrected chi connectivity index (χ1v) is 7.17. The van der Waals surface area contributed by atoms with Gasteiger partial charge >= 0.3 is 0 Å². The first-order chi connectivity index (χ1) is 10.2. The van der Waals surface area contributed by atoms with E-state index < -0.39 is 6.10 Å². The lowest BCUT2D eigenvalue weighted by Gasteiger charge is -2.11. The van der Waals surface area contributed by atoms with Crippen LogP contribution in [0.2, 0.25) is 0 Å². The van der Waals surface area contributed by atoms with Gasteiger partial charge in [0.05, 0.1) is 12.0 Å². The minimum absolute atomic E-state index is 0.145. The first kappa shape index (κ1) is 15.4. The molecule has 0 saturated heterocycles. The van der Waals surface area contributed by atoms with Gasteiger partial charge in [0.15, 0.2) is 0 Å². The number of hydrogen-bond donors (Lipinski definition) is 3. The highest BCUT2D eigenvalue weighted by molar-refractivity contribution is 6.18. The smallest absolute Gasteiger partial charge is 0.255 e. The molecule has 0 bridgehead atoms. The average molecular weight is 305 g/mol. The molecule has 0 spiro atoms. The zero-order valence-electron chi connectivity index (χ0n) is 11.4. The summed E-state index contributed by atoms with van der Waals surface area (Å²) in [6.45, 7) is 0.388. The number of carbonyl (C=O) groups excluding carboxylic acids is 1. The molecule has 0 fully saturated rings. The highest BCUT2D eigenvalue weighted by Gasteiger charge is 2.05. The maximum Gasteiger partial charge on any atom is 0.255 e. The van der Waals surface area contributed by atoms with Crippen molar-refractivity contribution < 1.29 is 9.90 Å². The number of aliphatic hydroxyl groups is 1. The van der Waals surface area contributed by atoms with Crippen LogP contribution in [0.5, 0.6) is 0 Å². The Hall–Kier alpha value is -2.04. The molecule has 1 atom stereocenters. The molecule has 21 heavy (non-hydrogen) atoms. The molecule has 3 N–H and O–H groups in total. The summed E-state index contributed by atoms with van der Waals surface area (Å²) in [5.41, 5.74) is 2.19. The first-order valence-electron chi connectivity index (χ1n) is 6.63. The number of alkyl halides is 1. The monoisotopic (exact) mass is 304 g/mol. The van der Waals surface area contributed by atoms with Crippen LogP contribution in [0.4, 0.5) is 11.4 Å². The number of nitrogens with one attached hydrogen (secondary N) is 2. The van der Waals surface area contributed by atoms with Crippen LogP contribution in [0.1, 0.15) is 10.4 Å². The molecular weight excluding hydrogens is 288 g/mol. The van der Waals surface area contributed by atoms with Crippen molar-refractivity contribution in [2.75, 3.05) is 23.1 Å². The van der Waals surface area contributed by atoms with Crippen molar-refractivity contribution in [3.8, 4) is 0 Å². The Labute approximate surface area is 128 Å². The number of anilines is 2. The lowest BCUT2D eigenvalue weighted by atomic mass is 10.2. The molecule has 1 amide bonds. The van der Waals surface area contributed by atoms with Crippen molar-refractivity contribution in [1.29, 1.82) is 0 Å². The van der Waals surface area contributed by atoms with E-state index in [1.807, 2.05) is 30.3 Å². The van der Waals surface area contributed by atoms with E-state index in [1.54, 1.807) is 24.3 Å². The summed E-state index contributed by atoms with van der Waals surface area (Å²) < 4.78 is 0. The Morgan fingerprint density at radius 1 is 1.05 bits per heavy atom. The number of hydrogen-bond acceptors (Lipinski definition) is 3. The molecular formula is C16H17ClN2O2. The summed E-state index contributed by atoms with van der Waals surface area (Å²) in [6, 6.07) is 16.3. The van der Waals surface area contributed by atoms with Crippen molar-refractivity contribution >= 4 is 28.9 Å². The topological polar surface area (TPSA) is 61.4 Å². The summed E-state index contributed by atoms with van der Waals surface area (Å²) in [4.78, 5) is 12.0. The maximum absolute atomic E-state index is 12.0. The Balaban J connectivity index is 1.92. The van der Waals surface area contributed by atoms with Crippen LogP contribution in [0, 0.1) is 0 Å². The third-order valence-corrected chi connectivity index (χ3v) is 3.25. The second-order valence-electron chi connectivity index (χ2n) is 4.59. The number of carbonyl (C=O) groups is 1. The van der Waals surface area contributed by atoms with Gasteiger partial charge in [0, 0.05) is 23.5 Å². The van der Waals surface area contributed by atoms with Crippen LogP contribution in [-0.2, 0) is 0 Å². The molecule has 0 aliphatic rings. The molecule has 0 saturated carbocycles. The average Bonchev–Trinajstić information content (AvgIpc) is 2.54. The number of benzene rings is 2. The quantitative estimate of drug-likeness (QED) is 0.719. The van der Waals surface area contributed by atoms with Gasteiger partial charge in [-0.1, -0.05) is 18.2 Å². The van der Waals surface area contributed by atoms with Crippen molar-refractivity contribution in [2.45, 2.75) is 6.10 Å². The predicted molar refractivity (Wildman–Crippen MR) is 86.1 cm³/mol. The fourth-order valence-electron chi connectivity index (χ4n) is 1.75. The molecule has 0 radical (unpaired) electrons. The van der Waals surface area contributed by atoms with Crippen molar-refractivity contribution in [1.82, 2.24) is 0 Å². The van der Waals surface area contributed by atoms with Crippen LogP contribution in [-0.4, -0.2) is 29.5 Å². The summed E-state index contributed by atoms with van der Waals surface area (Å²) in [7, 11) is 0. The standard InChI is InChI=1S/C16H17ClN2O2/c17-10-15(20)11-18-13-6-8-14(9-7-13)19-16(21)12-4-2-1-3-5-12/h1-9,15,18,20H,10-11H2,(H,19,21). The third kappa shape index (κ3) is 4.77. The summed E-state index contributed by atoms with van der Waals surface area (Å²) >= 11 is 5.52. The van der Waals surface area contributed by atoms with E-state index in [9.17, 15) is 9.90 Å². The Morgan fingerprint density at radius 3 is 2.29 bits per heavy atom. The third-order valence-electron chi connectivity index (χ3n) is 2.90. The Morgan fingerprint density at radius 2 is 1.67 bits per heavy atom. The second kappa shape index (κ2) is 7.67. The minimum atomic E-state index is -0.580. The van der Waals surface area contributed by atoms with Gasteiger partial charge in [-0.3, -0.25) is 4.79 Å². The van der Waals surface area contributed by atoms with Crippen LogP contribution in [0.25, 0.3) is 0 Å². The van der Waals surface area contributed by atoms with Crippen LogP contribution in [0.15, 0.2) is 54.6 Å². The van der Waals surface area contributed by atoms with E-state index in [-0.39, 0.29) is 11.8 Å². The molecule has 0 aromatic heterocycles. The predicted octanol–water partition coefficient (Wildman–Crippen LogP) is 2.95.